The monoisotopic (exact) mass is 362 g/mol. The summed E-state index contributed by atoms with van der Waals surface area (Å²) in [6.07, 6.45) is 6.10. The van der Waals surface area contributed by atoms with Crippen LogP contribution in [0, 0.1) is 17.0 Å². The lowest BCUT2D eigenvalue weighted by molar-refractivity contribution is -0.384. The van der Waals surface area contributed by atoms with Gasteiger partial charge in [-0.2, -0.15) is 0 Å². The van der Waals surface area contributed by atoms with Crippen molar-refractivity contribution < 1.29 is 9.66 Å². The molecule has 1 saturated carbocycles. The number of rotatable bonds is 6. The van der Waals surface area contributed by atoms with E-state index in [4.69, 9.17) is 4.74 Å². The van der Waals surface area contributed by atoms with Crippen LogP contribution in [0.25, 0.3) is 0 Å². The molecule has 0 bridgehead atoms. The molecular formula is C17H22N4O3S. The molecule has 0 atom stereocenters. The number of nitro groups is 1. The van der Waals surface area contributed by atoms with E-state index in [1.165, 1.54) is 25.3 Å². The Labute approximate surface area is 150 Å². The molecule has 25 heavy (non-hydrogen) atoms. The van der Waals surface area contributed by atoms with Crippen LogP contribution < -0.4 is 4.74 Å². The zero-order chi connectivity index (χ0) is 17.8. The molecule has 1 aromatic carbocycles. The molecule has 7 nitrogen and oxygen atoms in total. The van der Waals surface area contributed by atoms with Gasteiger partial charge < -0.3 is 9.30 Å². The Balaban J connectivity index is 1.80. The molecule has 1 heterocycles. The number of aromatic nitrogens is 3. The first kappa shape index (κ1) is 17.7. The number of aryl methyl sites for hydroxylation is 1. The molecule has 134 valence electrons. The van der Waals surface area contributed by atoms with E-state index in [-0.39, 0.29) is 10.6 Å². The molecule has 0 radical (unpaired) electrons. The van der Waals surface area contributed by atoms with Gasteiger partial charge in [-0.15, -0.1) is 10.2 Å². The minimum atomic E-state index is -0.387. The summed E-state index contributed by atoms with van der Waals surface area (Å²) >= 11 is 1.55. The lowest BCUT2D eigenvalue weighted by Crippen LogP contribution is -2.15. The van der Waals surface area contributed by atoms with Crippen molar-refractivity contribution in [3.05, 3.63) is 39.7 Å². The summed E-state index contributed by atoms with van der Waals surface area (Å²) in [7, 11) is 1.57. The lowest BCUT2D eigenvalue weighted by Gasteiger charge is -2.25. The number of hydrogen-bond acceptors (Lipinski definition) is 6. The first-order chi connectivity index (χ1) is 12.1. The zero-order valence-corrected chi connectivity index (χ0v) is 15.3. The number of hydrogen-bond donors (Lipinski definition) is 0. The summed E-state index contributed by atoms with van der Waals surface area (Å²) in [4.78, 5) is 10.6. The number of ether oxygens (including phenoxy) is 1. The van der Waals surface area contributed by atoms with Crippen molar-refractivity contribution in [3.8, 4) is 5.75 Å². The standard InChI is InChI=1S/C17H22N4O3S/c1-12-18-19-17(20(12)14-6-4-3-5-7-14)25-11-13-10-15(21(22)23)8-9-16(13)24-2/h8-10,14H,3-7,11H2,1-2H3. The van der Waals surface area contributed by atoms with Gasteiger partial charge in [0, 0.05) is 29.5 Å². The van der Waals surface area contributed by atoms with Crippen LogP contribution in [0.2, 0.25) is 0 Å². The topological polar surface area (TPSA) is 83.1 Å². The van der Waals surface area contributed by atoms with E-state index in [1.807, 2.05) is 6.92 Å². The van der Waals surface area contributed by atoms with Gasteiger partial charge in [0.15, 0.2) is 5.16 Å². The van der Waals surface area contributed by atoms with E-state index >= 15 is 0 Å². The summed E-state index contributed by atoms with van der Waals surface area (Å²) in [5.41, 5.74) is 0.860. The van der Waals surface area contributed by atoms with E-state index in [0.717, 1.165) is 29.4 Å². The van der Waals surface area contributed by atoms with Crippen molar-refractivity contribution in [2.24, 2.45) is 0 Å². The van der Waals surface area contributed by atoms with E-state index in [1.54, 1.807) is 31.0 Å². The van der Waals surface area contributed by atoms with Crippen molar-refractivity contribution in [1.82, 2.24) is 14.8 Å². The second kappa shape index (κ2) is 7.86. The second-order valence-corrected chi connectivity index (χ2v) is 7.18. The molecular weight excluding hydrogens is 340 g/mol. The van der Waals surface area contributed by atoms with Gasteiger partial charge in [-0.1, -0.05) is 31.0 Å². The van der Waals surface area contributed by atoms with Crippen molar-refractivity contribution in [2.75, 3.05) is 7.11 Å². The number of benzene rings is 1. The fraction of sp³-hybridized carbons (Fsp3) is 0.529. The molecule has 2 aromatic rings. The minimum Gasteiger partial charge on any atom is -0.496 e. The van der Waals surface area contributed by atoms with Gasteiger partial charge >= 0.3 is 0 Å². The van der Waals surface area contributed by atoms with Gasteiger partial charge in [0.05, 0.1) is 12.0 Å². The lowest BCUT2D eigenvalue weighted by atomic mass is 9.95. The molecule has 0 aliphatic heterocycles. The molecule has 3 rings (SSSR count). The highest BCUT2D eigenvalue weighted by Gasteiger charge is 2.22. The van der Waals surface area contributed by atoms with Gasteiger partial charge in [-0.25, -0.2) is 0 Å². The maximum absolute atomic E-state index is 11.0. The first-order valence-electron chi connectivity index (χ1n) is 8.45. The summed E-state index contributed by atoms with van der Waals surface area (Å²) in [5.74, 6) is 2.13. The third-order valence-electron chi connectivity index (χ3n) is 4.61. The van der Waals surface area contributed by atoms with Crippen molar-refractivity contribution in [2.45, 2.75) is 56.0 Å². The summed E-state index contributed by atoms with van der Waals surface area (Å²) in [6, 6.07) is 5.13. The third kappa shape index (κ3) is 3.95. The Morgan fingerprint density at radius 3 is 2.76 bits per heavy atom. The number of methoxy groups -OCH3 is 1. The number of nitrogens with zero attached hydrogens (tertiary/aromatic N) is 4. The van der Waals surface area contributed by atoms with Crippen LogP contribution in [0.5, 0.6) is 5.75 Å². The number of non-ortho nitro benzene ring substituents is 1. The largest absolute Gasteiger partial charge is 0.496 e. The Hall–Kier alpha value is -2.09. The first-order valence-corrected chi connectivity index (χ1v) is 9.44. The maximum atomic E-state index is 11.0. The smallest absolute Gasteiger partial charge is 0.270 e. The third-order valence-corrected chi connectivity index (χ3v) is 5.60. The fourth-order valence-corrected chi connectivity index (χ4v) is 4.37. The molecule has 1 aliphatic rings. The van der Waals surface area contributed by atoms with Gasteiger partial charge in [-0.3, -0.25) is 10.1 Å². The maximum Gasteiger partial charge on any atom is 0.270 e. The van der Waals surface area contributed by atoms with Crippen molar-refractivity contribution >= 4 is 17.4 Å². The Kier molecular flexibility index (Phi) is 5.57. The average Bonchev–Trinajstić information content (AvgIpc) is 3.00. The summed E-state index contributed by atoms with van der Waals surface area (Å²) in [6.45, 7) is 1.99. The van der Waals surface area contributed by atoms with Crippen LogP contribution in [0.3, 0.4) is 0 Å². The number of nitro benzene ring substituents is 1. The van der Waals surface area contributed by atoms with Crippen LogP contribution in [0.1, 0.15) is 49.5 Å². The molecule has 1 aliphatic carbocycles. The summed E-state index contributed by atoms with van der Waals surface area (Å²) in [5, 5.41) is 20.5. The quantitative estimate of drug-likeness (QED) is 0.433. The van der Waals surface area contributed by atoms with Crippen LogP contribution in [0.15, 0.2) is 23.4 Å². The van der Waals surface area contributed by atoms with Crippen molar-refractivity contribution in [3.63, 3.8) is 0 Å². The summed E-state index contributed by atoms with van der Waals surface area (Å²) < 4.78 is 7.57. The Morgan fingerprint density at radius 1 is 1.32 bits per heavy atom. The van der Waals surface area contributed by atoms with E-state index in [9.17, 15) is 10.1 Å². The van der Waals surface area contributed by atoms with Gasteiger partial charge in [0.25, 0.3) is 5.69 Å². The highest BCUT2D eigenvalue weighted by Crippen LogP contribution is 2.35. The molecule has 1 fully saturated rings. The van der Waals surface area contributed by atoms with E-state index in [0.29, 0.717) is 17.5 Å². The molecule has 1 aromatic heterocycles. The fourth-order valence-electron chi connectivity index (χ4n) is 3.34. The van der Waals surface area contributed by atoms with Crippen LogP contribution in [0.4, 0.5) is 5.69 Å². The molecule has 0 spiro atoms. The predicted molar refractivity (Wildman–Crippen MR) is 96.1 cm³/mol. The van der Waals surface area contributed by atoms with Gasteiger partial charge in [0.2, 0.25) is 0 Å². The normalized spacial score (nSPS) is 15.3. The Morgan fingerprint density at radius 2 is 2.08 bits per heavy atom. The average molecular weight is 362 g/mol. The molecule has 0 amide bonds. The van der Waals surface area contributed by atoms with E-state index < -0.39 is 0 Å². The molecule has 8 heteroatoms. The molecule has 0 N–H and O–H groups in total. The van der Waals surface area contributed by atoms with Crippen molar-refractivity contribution in [1.29, 1.82) is 0 Å². The van der Waals surface area contributed by atoms with Gasteiger partial charge in [-0.05, 0) is 25.8 Å². The zero-order valence-electron chi connectivity index (χ0n) is 14.5. The molecule has 0 unspecified atom stereocenters. The van der Waals surface area contributed by atoms with Crippen LogP contribution in [-0.4, -0.2) is 26.8 Å². The molecule has 0 saturated heterocycles. The SMILES string of the molecule is COc1ccc([N+](=O)[O-])cc1CSc1nnc(C)n1C1CCCCC1. The number of thioether (sulfide) groups is 1. The highest BCUT2D eigenvalue weighted by molar-refractivity contribution is 7.98. The van der Waals surface area contributed by atoms with Gasteiger partial charge in [0.1, 0.15) is 11.6 Å². The van der Waals surface area contributed by atoms with E-state index in [2.05, 4.69) is 14.8 Å². The van der Waals surface area contributed by atoms with Crippen LogP contribution >= 0.6 is 11.8 Å². The highest BCUT2D eigenvalue weighted by atomic mass is 32.2. The second-order valence-electron chi connectivity index (χ2n) is 6.23. The minimum absolute atomic E-state index is 0.0707. The van der Waals surface area contributed by atoms with Crippen LogP contribution in [-0.2, 0) is 5.75 Å². The Bertz CT molecular complexity index is 756. The predicted octanol–water partition coefficient (Wildman–Crippen LogP) is 4.30.